The summed E-state index contributed by atoms with van der Waals surface area (Å²) in [5.41, 5.74) is 0. The standard InChI is InChI=1S/C14H30N2O/c1-6-7-8-11-16(13(4)5)14(17)9-10-15-12(2)3/h12-13,15H,6-11H2,1-5H3. The molecule has 0 fully saturated rings. The van der Waals surface area contributed by atoms with E-state index in [1.807, 2.05) is 4.90 Å². The second-order valence-corrected chi connectivity index (χ2v) is 5.25. The van der Waals surface area contributed by atoms with Crippen molar-refractivity contribution in [3.05, 3.63) is 0 Å². The number of amides is 1. The summed E-state index contributed by atoms with van der Waals surface area (Å²) in [5.74, 6) is 0.282. The molecule has 0 aromatic carbocycles. The van der Waals surface area contributed by atoms with Crippen LogP contribution in [-0.4, -0.2) is 36.0 Å². The maximum Gasteiger partial charge on any atom is 0.224 e. The average molecular weight is 242 g/mol. The van der Waals surface area contributed by atoms with Gasteiger partial charge in [-0.15, -0.1) is 0 Å². The summed E-state index contributed by atoms with van der Waals surface area (Å²) >= 11 is 0. The summed E-state index contributed by atoms with van der Waals surface area (Å²) in [6.07, 6.45) is 4.15. The van der Waals surface area contributed by atoms with Gasteiger partial charge in [0.2, 0.25) is 5.91 Å². The first-order chi connectivity index (χ1) is 7.99. The minimum atomic E-state index is 0.282. The van der Waals surface area contributed by atoms with Gasteiger partial charge in [-0.05, 0) is 20.3 Å². The van der Waals surface area contributed by atoms with Gasteiger partial charge < -0.3 is 10.2 Å². The van der Waals surface area contributed by atoms with E-state index in [9.17, 15) is 4.79 Å². The van der Waals surface area contributed by atoms with Crippen molar-refractivity contribution in [2.45, 2.75) is 72.4 Å². The van der Waals surface area contributed by atoms with Crippen LogP contribution in [0.3, 0.4) is 0 Å². The monoisotopic (exact) mass is 242 g/mol. The van der Waals surface area contributed by atoms with Gasteiger partial charge in [-0.2, -0.15) is 0 Å². The van der Waals surface area contributed by atoms with Crippen LogP contribution in [0.1, 0.15) is 60.3 Å². The summed E-state index contributed by atoms with van der Waals surface area (Å²) < 4.78 is 0. The molecule has 102 valence electrons. The third-order valence-electron chi connectivity index (χ3n) is 2.84. The molecule has 0 spiro atoms. The van der Waals surface area contributed by atoms with Crippen LogP contribution in [0.5, 0.6) is 0 Å². The van der Waals surface area contributed by atoms with Crippen LogP contribution in [0.25, 0.3) is 0 Å². The Kier molecular flexibility index (Phi) is 9.14. The first-order valence-electron chi connectivity index (χ1n) is 7.01. The third-order valence-corrected chi connectivity index (χ3v) is 2.84. The van der Waals surface area contributed by atoms with Crippen LogP contribution in [0.4, 0.5) is 0 Å². The maximum absolute atomic E-state index is 12.0. The first-order valence-corrected chi connectivity index (χ1v) is 7.01. The van der Waals surface area contributed by atoms with Gasteiger partial charge in [0.1, 0.15) is 0 Å². The molecule has 0 rings (SSSR count). The smallest absolute Gasteiger partial charge is 0.224 e. The van der Waals surface area contributed by atoms with Crippen LogP contribution in [-0.2, 0) is 4.79 Å². The van der Waals surface area contributed by atoms with Gasteiger partial charge in [0.15, 0.2) is 0 Å². The van der Waals surface area contributed by atoms with Crippen molar-refractivity contribution in [2.24, 2.45) is 0 Å². The van der Waals surface area contributed by atoms with Gasteiger partial charge in [0, 0.05) is 31.6 Å². The number of carbonyl (C=O) groups is 1. The summed E-state index contributed by atoms with van der Waals surface area (Å²) in [4.78, 5) is 14.1. The fraction of sp³-hybridized carbons (Fsp3) is 0.929. The molecule has 3 nitrogen and oxygen atoms in total. The van der Waals surface area contributed by atoms with Crippen molar-refractivity contribution in [2.75, 3.05) is 13.1 Å². The zero-order chi connectivity index (χ0) is 13.3. The normalized spacial score (nSPS) is 11.2. The zero-order valence-corrected chi connectivity index (χ0v) is 12.3. The molecule has 0 heterocycles. The largest absolute Gasteiger partial charge is 0.340 e. The molecule has 1 N–H and O–H groups in total. The number of unbranched alkanes of at least 4 members (excludes halogenated alkanes) is 2. The highest BCUT2D eigenvalue weighted by molar-refractivity contribution is 5.76. The van der Waals surface area contributed by atoms with E-state index in [2.05, 4.69) is 39.9 Å². The lowest BCUT2D eigenvalue weighted by Crippen LogP contribution is -2.39. The SMILES string of the molecule is CCCCCN(C(=O)CCNC(C)C)C(C)C. The van der Waals surface area contributed by atoms with Crippen LogP contribution in [0.2, 0.25) is 0 Å². The molecule has 0 aromatic rings. The fourth-order valence-corrected chi connectivity index (χ4v) is 1.81. The van der Waals surface area contributed by atoms with Crippen molar-refractivity contribution in [3.8, 4) is 0 Å². The number of nitrogens with one attached hydrogen (secondary N) is 1. The Labute approximate surface area is 107 Å². The Hall–Kier alpha value is -0.570. The van der Waals surface area contributed by atoms with E-state index in [1.54, 1.807) is 0 Å². The van der Waals surface area contributed by atoms with Crippen LogP contribution in [0, 0.1) is 0 Å². The highest BCUT2D eigenvalue weighted by Gasteiger charge is 2.15. The summed E-state index contributed by atoms with van der Waals surface area (Å²) in [5, 5.41) is 3.29. The van der Waals surface area contributed by atoms with Gasteiger partial charge in [-0.3, -0.25) is 4.79 Å². The van der Waals surface area contributed by atoms with Crippen LogP contribution < -0.4 is 5.32 Å². The molecule has 3 heteroatoms. The van der Waals surface area contributed by atoms with E-state index in [4.69, 9.17) is 0 Å². The summed E-state index contributed by atoms with van der Waals surface area (Å²) in [6, 6.07) is 0.772. The van der Waals surface area contributed by atoms with Crippen molar-refractivity contribution >= 4 is 5.91 Å². The van der Waals surface area contributed by atoms with Crippen molar-refractivity contribution in [1.29, 1.82) is 0 Å². The molecule has 0 unspecified atom stereocenters. The molecule has 0 saturated heterocycles. The molecule has 0 aromatic heterocycles. The minimum Gasteiger partial charge on any atom is -0.340 e. The Bertz CT molecular complexity index is 202. The van der Waals surface area contributed by atoms with Gasteiger partial charge in [0.25, 0.3) is 0 Å². The zero-order valence-electron chi connectivity index (χ0n) is 12.3. The Morgan fingerprint density at radius 2 is 1.82 bits per heavy atom. The van der Waals surface area contributed by atoms with E-state index in [-0.39, 0.29) is 5.91 Å². The molecule has 0 aliphatic heterocycles. The Morgan fingerprint density at radius 1 is 1.18 bits per heavy atom. The van der Waals surface area contributed by atoms with Crippen LogP contribution in [0.15, 0.2) is 0 Å². The lowest BCUT2D eigenvalue weighted by atomic mass is 10.2. The topological polar surface area (TPSA) is 32.3 Å². The molecule has 0 aliphatic rings. The predicted octanol–water partition coefficient (Wildman–Crippen LogP) is 2.80. The molecule has 0 atom stereocenters. The predicted molar refractivity (Wildman–Crippen MR) is 74.1 cm³/mol. The van der Waals surface area contributed by atoms with Gasteiger partial charge in [0.05, 0.1) is 0 Å². The van der Waals surface area contributed by atoms with E-state index in [0.29, 0.717) is 18.5 Å². The minimum absolute atomic E-state index is 0.282. The second kappa shape index (κ2) is 9.46. The first kappa shape index (κ1) is 16.4. The number of rotatable bonds is 9. The summed E-state index contributed by atoms with van der Waals surface area (Å²) in [7, 11) is 0. The van der Waals surface area contributed by atoms with Crippen molar-refractivity contribution in [1.82, 2.24) is 10.2 Å². The molecule has 0 aliphatic carbocycles. The second-order valence-electron chi connectivity index (χ2n) is 5.25. The quantitative estimate of drug-likeness (QED) is 0.631. The molecule has 17 heavy (non-hydrogen) atoms. The highest BCUT2D eigenvalue weighted by Crippen LogP contribution is 2.05. The van der Waals surface area contributed by atoms with Crippen LogP contribution >= 0.6 is 0 Å². The van der Waals surface area contributed by atoms with E-state index >= 15 is 0 Å². The Balaban J connectivity index is 3.97. The van der Waals surface area contributed by atoms with Crippen molar-refractivity contribution < 1.29 is 4.79 Å². The number of carbonyl (C=O) groups excluding carboxylic acids is 1. The molecular weight excluding hydrogens is 212 g/mol. The lowest BCUT2D eigenvalue weighted by Gasteiger charge is -2.27. The third kappa shape index (κ3) is 8.19. The number of hydrogen-bond donors (Lipinski definition) is 1. The van der Waals surface area contributed by atoms with Gasteiger partial charge in [-0.1, -0.05) is 33.6 Å². The fourth-order valence-electron chi connectivity index (χ4n) is 1.81. The number of nitrogens with zero attached hydrogens (tertiary/aromatic N) is 1. The summed E-state index contributed by atoms with van der Waals surface area (Å²) in [6.45, 7) is 12.3. The molecule has 1 amide bonds. The van der Waals surface area contributed by atoms with E-state index in [1.165, 1.54) is 12.8 Å². The van der Waals surface area contributed by atoms with E-state index in [0.717, 1.165) is 19.5 Å². The lowest BCUT2D eigenvalue weighted by molar-refractivity contribution is -0.132. The average Bonchev–Trinajstić information content (AvgIpc) is 2.23. The molecule has 0 radical (unpaired) electrons. The highest BCUT2D eigenvalue weighted by atomic mass is 16.2. The van der Waals surface area contributed by atoms with Crippen molar-refractivity contribution in [3.63, 3.8) is 0 Å². The van der Waals surface area contributed by atoms with Gasteiger partial charge >= 0.3 is 0 Å². The molecular formula is C14H30N2O. The van der Waals surface area contributed by atoms with Gasteiger partial charge in [-0.25, -0.2) is 0 Å². The Morgan fingerprint density at radius 3 is 2.29 bits per heavy atom. The number of hydrogen-bond acceptors (Lipinski definition) is 2. The van der Waals surface area contributed by atoms with E-state index < -0.39 is 0 Å². The maximum atomic E-state index is 12.0. The molecule has 0 saturated carbocycles. The molecule has 0 bridgehead atoms.